The van der Waals surface area contributed by atoms with Gasteiger partial charge in [-0.2, -0.15) is 0 Å². The molecule has 1 aliphatic rings. The summed E-state index contributed by atoms with van der Waals surface area (Å²) in [5, 5.41) is 8.71. The van der Waals surface area contributed by atoms with Gasteiger partial charge in [0.2, 0.25) is 0 Å². The summed E-state index contributed by atoms with van der Waals surface area (Å²) in [5.41, 5.74) is 1.12. The van der Waals surface area contributed by atoms with Gasteiger partial charge in [-0.1, -0.05) is 55.6 Å². The molecule has 0 aliphatic carbocycles. The van der Waals surface area contributed by atoms with Crippen LogP contribution >= 0.6 is 24.0 Å². The Morgan fingerprint density at radius 1 is 1.46 bits per heavy atom. The van der Waals surface area contributed by atoms with Gasteiger partial charge in [0.25, 0.3) is 5.91 Å². The van der Waals surface area contributed by atoms with Crippen LogP contribution < -0.4 is 0 Å². The minimum atomic E-state index is -0.861. The zero-order valence-electron chi connectivity index (χ0n) is 14.3. The first-order valence-electron chi connectivity index (χ1n) is 8.21. The molecular weight excluding hydrogens is 342 g/mol. The molecule has 1 amide bonds. The number of hydrogen-bond acceptors (Lipinski definition) is 4. The Balaban J connectivity index is 2.84. The Morgan fingerprint density at radius 2 is 2.17 bits per heavy atom. The van der Waals surface area contributed by atoms with Crippen molar-refractivity contribution >= 4 is 40.2 Å². The summed E-state index contributed by atoms with van der Waals surface area (Å²) in [6.45, 7) is 8.35. The second kappa shape index (κ2) is 10.5. The largest absolute Gasteiger partial charge is 0.481 e. The van der Waals surface area contributed by atoms with E-state index in [4.69, 9.17) is 17.3 Å². The zero-order chi connectivity index (χ0) is 18.1. The summed E-state index contributed by atoms with van der Waals surface area (Å²) in [5.74, 6) is -0.555. The molecule has 6 heteroatoms. The summed E-state index contributed by atoms with van der Waals surface area (Å²) in [7, 11) is 0. The number of thiocarbonyl (C=S) groups is 1. The minimum Gasteiger partial charge on any atom is -0.481 e. The molecule has 0 aromatic carbocycles. The number of carboxylic acid groups (broad SMARTS) is 1. The number of amides is 1. The van der Waals surface area contributed by atoms with Crippen molar-refractivity contribution in [3.63, 3.8) is 0 Å². The lowest BCUT2D eigenvalue weighted by molar-refractivity contribution is -0.137. The van der Waals surface area contributed by atoms with Crippen LogP contribution in [0.5, 0.6) is 0 Å². The standard InChI is InChI=1S/C18H25NO3S2/c1-4-8-13(5-2)11-14(6-3)12-15-17(22)19(18(23)24-15)10-7-9-16(20)21/h4,11-13H,1,5-10H2,2-3H3,(H,20,21). The van der Waals surface area contributed by atoms with Crippen LogP contribution in [0.25, 0.3) is 0 Å². The Morgan fingerprint density at radius 3 is 2.71 bits per heavy atom. The first-order chi connectivity index (χ1) is 11.4. The summed E-state index contributed by atoms with van der Waals surface area (Å²) in [4.78, 5) is 25.2. The van der Waals surface area contributed by atoms with Gasteiger partial charge in [-0.3, -0.25) is 14.5 Å². The molecule has 1 heterocycles. The summed E-state index contributed by atoms with van der Waals surface area (Å²) in [6.07, 6.45) is 9.28. The average molecular weight is 368 g/mol. The van der Waals surface area contributed by atoms with E-state index in [2.05, 4.69) is 26.5 Å². The third kappa shape index (κ3) is 6.24. The number of nitrogens with zero attached hydrogens (tertiary/aromatic N) is 1. The van der Waals surface area contributed by atoms with E-state index in [0.717, 1.165) is 24.8 Å². The molecule has 0 aromatic rings. The van der Waals surface area contributed by atoms with E-state index in [0.29, 0.717) is 28.1 Å². The lowest BCUT2D eigenvalue weighted by Gasteiger charge is -2.13. The van der Waals surface area contributed by atoms with E-state index in [1.54, 1.807) is 0 Å². The molecule has 1 fully saturated rings. The topological polar surface area (TPSA) is 57.6 Å². The Bertz CT molecular complexity index is 567. The third-order valence-electron chi connectivity index (χ3n) is 3.81. The highest BCUT2D eigenvalue weighted by atomic mass is 32.2. The smallest absolute Gasteiger partial charge is 0.303 e. The molecule has 1 N–H and O–H groups in total. The lowest BCUT2D eigenvalue weighted by atomic mass is 9.98. The van der Waals surface area contributed by atoms with E-state index >= 15 is 0 Å². The number of carboxylic acids is 1. The predicted molar refractivity (Wildman–Crippen MR) is 104 cm³/mol. The highest BCUT2D eigenvalue weighted by molar-refractivity contribution is 8.26. The molecular formula is C18H25NO3S2. The molecule has 1 rings (SSSR count). The van der Waals surface area contributed by atoms with Gasteiger partial charge >= 0.3 is 5.97 Å². The molecule has 0 saturated carbocycles. The quantitative estimate of drug-likeness (QED) is 0.349. The van der Waals surface area contributed by atoms with E-state index in [9.17, 15) is 9.59 Å². The molecule has 0 radical (unpaired) electrons. The van der Waals surface area contributed by atoms with Crippen molar-refractivity contribution in [1.82, 2.24) is 4.90 Å². The van der Waals surface area contributed by atoms with E-state index in [-0.39, 0.29) is 12.3 Å². The summed E-state index contributed by atoms with van der Waals surface area (Å²) in [6, 6.07) is 0. The van der Waals surface area contributed by atoms with Crippen molar-refractivity contribution in [1.29, 1.82) is 0 Å². The highest BCUT2D eigenvalue weighted by Gasteiger charge is 2.31. The van der Waals surface area contributed by atoms with Crippen molar-refractivity contribution in [2.75, 3.05) is 6.54 Å². The minimum absolute atomic E-state index is 0.0377. The highest BCUT2D eigenvalue weighted by Crippen LogP contribution is 2.32. The number of aliphatic carboxylic acids is 1. The van der Waals surface area contributed by atoms with Crippen LogP contribution in [0.2, 0.25) is 0 Å². The van der Waals surface area contributed by atoms with Gasteiger partial charge in [-0.15, -0.1) is 6.58 Å². The molecule has 1 aliphatic heterocycles. The van der Waals surface area contributed by atoms with E-state index in [1.807, 2.05) is 12.2 Å². The summed E-state index contributed by atoms with van der Waals surface area (Å²) >= 11 is 6.55. The van der Waals surface area contributed by atoms with Gasteiger partial charge in [0, 0.05) is 13.0 Å². The summed E-state index contributed by atoms with van der Waals surface area (Å²) < 4.78 is 0.505. The van der Waals surface area contributed by atoms with Gasteiger partial charge in [0.15, 0.2) is 0 Å². The first kappa shape index (κ1) is 20.6. The van der Waals surface area contributed by atoms with Crippen LogP contribution in [-0.2, 0) is 9.59 Å². The van der Waals surface area contributed by atoms with Crippen LogP contribution in [0.1, 0.15) is 46.0 Å². The van der Waals surface area contributed by atoms with Crippen LogP contribution in [0.15, 0.2) is 35.3 Å². The van der Waals surface area contributed by atoms with Crippen LogP contribution in [-0.4, -0.2) is 32.7 Å². The Hall–Kier alpha value is -1.40. The number of rotatable bonds is 10. The Kier molecular flexibility index (Phi) is 9.00. The maximum absolute atomic E-state index is 12.5. The lowest BCUT2D eigenvalue weighted by Crippen LogP contribution is -2.29. The van der Waals surface area contributed by atoms with Gasteiger partial charge in [-0.05, 0) is 37.7 Å². The van der Waals surface area contributed by atoms with Crippen molar-refractivity contribution in [2.45, 2.75) is 46.0 Å². The number of carbonyl (C=O) groups excluding carboxylic acids is 1. The Labute approximate surface area is 153 Å². The van der Waals surface area contributed by atoms with Crippen LogP contribution in [0.4, 0.5) is 0 Å². The van der Waals surface area contributed by atoms with Gasteiger partial charge in [0.05, 0.1) is 4.91 Å². The van der Waals surface area contributed by atoms with Gasteiger partial charge in [0.1, 0.15) is 4.32 Å². The van der Waals surface area contributed by atoms with E-state index < -0.39 is 5.97 Å². The average Bonchev–Trinajstić information content (AvgIpc) is 2.80. The van der Waals surface area contributed by atoms with Crippen molar-refractivity contribution in [2.24, 2.45) is 5.92 Å². The molecule has 132 valence electrons. The van der Waals surface area contributed by atoms with E-state index in [1.165, 1.54) is 16.7 Å². The number of hydrogen-bond donors (Lipinski definition) is 1. The second-order valence-corrected chi connectivity index (χ2v) is 7.29. The molecule has 1 unspecified atom stereocenters. The molecule has 0 aromatic heterocycles. The fraction of sp³-hybridized carbons (Fsp3) is 0.500. The molecule has 0 bridgehead atoms. The number of carbonyl (C=O) groups is 2. The molecule has 1 saturated heterocycles. The van der Waals surface area contributed by atoms with Crippen LogP contribution in [0.3, 0.4) is 0 Å². The van der Waals surface area contributed by atoms with Crippen molar-refractivity contribution in [3.8, 4) is 0 Å². The SMILES string of the molecule is C=CCC(C=C(C=C1SC(=S)N(CCCC(=O)O)C1=O)CC)CC. The maximum Gasteiger partial charge on any atom is 0.303 e. The third-order valence-corrected chi connectivity index (χ3v) is 5.19. The second-order valence-electron chi connectivity index (χ2n) is 5.62. The normalized spacial score (nSPS) is 18.3. The van der Waals surface area contributed by atoms with Crippen LogP contribution in [0, 0.1) is 5.92 Å². The first-order valence-corrected chi connectivity index (χ1v) is 9.44. The number of allylic oxidation sites excluding steroid dienone is 4. The molecule has 1 atom stereocenters. The van der Waals surface area contributed by atoms with Crippen molar-refractivity contribution in [3.05, 3.63) is 35.3 Å². The van der Waals surface area contributed by atoms with Gasteiger partial charge < -0.3 is 5.11 Å². The fourth-order valence-corrected chi connectivity index (χ4v) is 3.71. The number of thioether (sulfide) groups is 1. The predicted octanol–water partition coefficient (Wildman–Crippen LogP) is 4.53. The molecule has 0 spiro atoms. The molecule has 24 heavy (non-hydrogen) atoms. The zero-order valence-corrected chi connectivity index (χ0v) is 15.9. The van der Waals surface area contributed by atoms with Gasteiger partial charge in [-0.25, -0.2) is 0 Å². The maximum atomic E-state index is 12.5. The fourth-order valence-electron chi connectivity index (χ4n) is 2.39. The molecule has 4 nitrogen and oxygen atoms in total. The monoisotopic (exact) mass is 367 g/mol. The van der Waals surface area contributed by atoms with Crippen molar-refractivity contribution < 1.29 is 14.7 Å².